The van der Waals surface area contributed by atoms with Crippen molar-refractivity contribution in [2.75, 3.05) is 27.2 Å². The predicted molar refractivity (Wildman–Crippen MR) is 59.3 cm³/mol. The molecule has 0 radical (unpaired) electrons. The summed E-state index contributed by atoms with van der Waals surface area (Å²) in [6, 6.07) is 7.48. The summed E-state index contributed by atoms with van der Waals surface area (Å²) in [5.74, 6) is 0.345. The van der Waals surface area contributed by atoms with Crippen molar-refractivity contribution in [3.8, 4) is 5.75 Å². The number of hydrogen-bond acceptors (Lipinski definition) is 1. The third-order valence-corrected chi connectivity index (χ3v) is 2.80. The van der Waals surface area contributed by atoms with Crippen molar-refractivity contribution in [1.82, 2.24) is 0 Å². The van der Waals surface area contributed by atoms with Crippen LogP contribution in [0.5, 0.6) is 5.75 Å². The number of phenols is 1. The van der Waals surface area contributed by atoms with E-state index < -0.39 is 0 Å². The highest BCUT2D eigenvalue weighted by Gasteiger charge is 2.10. The van der Waals surface area contributed by atoms with E-state index in [-0.39, 0.29) is 0 Å². The number of benzene rings is 1. The maximum absolute atomic E-state index is 9.13. The van der Waals surface area contributed by atoms with Gasteiger partial charge in [0.2, 0.25) is 0 Å². The molecule has 0 amide bonds. The van der Waals surface area contributed by atoms with Gasteiger partial charge in [-0.2, -0.15) is 0 Å². The predicted octanol–water partition coefficient (Wildman–Crippen LogP) is 2.03. The van der Waals surface area contributed by atoms with Crippen molar-refractivity contribution in [3.05, 3.63) is 29.8 Å². The molecule has 0 bridgehead atoms. The highest BCUT2D eigenvalue weighted by molar-refractivity contribution is 5.25. The number of phenolic OH excluding ortho intramolecular Hbond substituents is 1. The van der Waals surface area contributed by atoms with Gasteiger partial charge in [-0.1, -0.05) is 12.1 Å². The van der Waals surface area contributed by atoms with Crippen LogP contribution in [0.3, 0.4) is 0 Å². The van der Waals surface area contributed by atoms with Crippen LogP contribution in [0.15, 0.2) is 24.3 Å². The van der Waals surface area contributed by atoms with E-state index in [2.05, 4.69) is 21.0 Å². The molecule has 0 saturated heterocycles. The van der Waals surface area contributed by atoms with Crippen LogP contribution in [0, 0.1) is 0 Å². The Bertz CT molecular complexity index is 277. The zero-order valence-corrected chi connectivity index (χ0v) is 9.33. The van der Waals surface area contributed by atoms with Gasteiger partial charge in [0.1, 0.15) is 5.75 Å². The fourth-order valence-corrected chi connectivity index (χ4v) is 1.25. The molecule has 0 fully saturated rings. The van der Waals surface area contributed by atoms with Crippen molar-refractivity contribution in [2.24, 2.45) is 0 Å². The molecule has 1 aromatic carbocycles. The lowest BCUT2D eigenvalue weighted by Gasteiger charge is -2.28. The summed E-state index contributed by atoms with van der Waals surface area (Å²) in [5.41, 5.74) is 1.29. The summed E-state index contributed by atoms with van der Waals surface area (Å²) in [6.45, 7) is 4.50. The van der Waals surface area contributed by atoms with E-state index in [1.807, 2.05) is 12.1 Å². The molecule has 0 aliphatic carbocycles. The number of hydrogen-bond donors (Lipinski definition) is 1. The molecule has 0 aromatic heterocycles. The van der Waals surface area contributed by atoms with E-state index in [4.69, 9.17) is 5.11 Å². The Labute approximate surface area is 86.4 Å². The lowest BCUT2D eigenvalue weighted by Crippen LogP contribution is -2.40. The van der Waals surface area contributed by atoms with Gasteiger partial charge in [-0.3, -0.25) is 0 Å². The molecule has 14 heavy (non-hydrogen) atoms. The van der Waals surface area contributed by atoms with Crippen molar-refractivity contribution < 1.29 is 9.59 Å². The molecule has 1 N–H and O–H groups in total. The average Bonchev–Trinajstić information content (AvgIpc) is 2.17. The van der Waals surface area contributed by atoms with Gasteiger partial charge >= 0.3 is 0 Å². The molecule has 0 unspecified atom stereocenters. The van der Waals surface area contributed by atoms with E-state index >= 15 is 0 Å². The number of nitrogens with zero attached hydrogens (tertiary/aromatic N) is 1. The summed E-state index contributed by atoms with van der Waals surface area (Å²) < 4.78 is 1.04. The summed E-state index contributed by atoms with van der Waals surface area (Å²) >= 11 is 0. The smallest absolute Gasteiger partial charge is 0.115 e. The largest absolute Gasteiger partial charge is 0.508 e. The van der Waals surface area contributed by atoms with Crippen molar-refractivity contribution >= 4 is 0 Å². The van der Waals surface area contributed by atoms with Crippen LogP contribution in [-0.2, 0) is 6.42 Å². The topological polar surface area (TPSA) is 20.2 Å². The minimum absolute atomic E-state index is 0.345. The molecule has 2 nitrogen and oxygen atoms in total. The van der Waals surface area contributed by atoms with Crippen LogP contribution in [0.4, 0.5) is 0 Å². The second kappa shape index (κ2) is 4.47. The molecule has 0 spiro atoms. The van der Waals surface area contributed by atoms with E-state index in [0.717, 1.165) is 24.0 Å². The van der Waals surface area contributed by atoms with Crippen molar-refractivity contribution in [1.29, 1.82) is 0 Å². The zero-order valence-electron chi connectivity index (χ0n) is 9.33. The summed E-state index contributed by atoms with van der Waals surface area (Å²) in [6.07, 6.45) is 1.07. The number of quaternary nitrogens is 1. The van der Waals surface area contributed by atoms with Crippen LogP contribution >= 0.6 is 0 Å². The van der Waals surface area contributed by atoms with Gasteiger partial charge in [-0.25, -0.2) is 0 Å². The normalized spacial score (nSPS) is 11.6. The van der Waals surface area contributed by atoms with Gasteiger partial charge in [-0.15, -0.1) is 0 Å². The third-order valence-electron chi connectivity index (χ3n) is 2.80. The summed E-state index contributed by atoms with van der Waals surface area (Å²) in [5, 5.41) is 9.13. The molecule has 0 heterocycles. The Morgan fingerprint density at radius 1 is 1.14 bits per heavy atom. The molecule has 0 aliphatic rings. The zero-order chi connectivity index (χ0) is 10.6. The fraction of sp³-hybridized carbons (Fsp3) is 0.500. The minimum Gasteiger partial charge on any atom is -0.508 e. The molecule has 0 saturated carbocycles. The van der Waals surface area contributed by atoms with Gasteiger partial charge in [0.25, 0.3) is 0 Å². The monoisotopic (exact) mass is 194 g/mol. The van der Waals surface area contributed by atoms with Crippen LogP contribution in [0.2, 0.25) is 0 Å². The van der Waals surface area contributed by atoms with Crippen molar-refractivity contribution in [3.63, 3.8) is 0 Å². The molecule has 0 aliphatic heterocycles. The van der Waals surface area contributed by atoms with Gasteiger partial charge in [-0.05, 0) is 24.6 Å². The molecular weight excluding hydrogens is 174 g/mol. The van der Waals surface area contributed by atoms with Crippen LogP contribution in [-0.4, -0.2) is 36.8 Å². The Balaban J connectivity index is 2.50. The quantitative estimate of drug-likeness (QED) is 0.727. The SMILES string of the molecule is CC[N+](C)(C)CCc1ccc(O)cc1. The first kappa shape index (κ1) is 11.1. The second-order valence-electron chi connectivity index (χ2n) is 4.39. The van der Waals surface area contributed by atoms with Crippen LogP contribution in [0.1, 0.15) is 12.5 Å². The van der Waals surface area contributed by atoms with Crippen molar-refractivity contribution in [2.45, 2.75) is 13.3 Å². The first-order valence-corrected chi connectivity index (χ1v) is 5.13. The Morgan fingerprint density at radius 3 is 2.21 bits per heavy atom. The highest BCUT2D eigenvalue weighted by Crippen LogP contribution is 2.11. The second-order valence-corrected chi connectivity index (χ2v) is 4.39. The Hall–Kier alpha value is -1.02. The average molecular weight is 194 g/mol. The van der Waals surface area contributed by atoms with Gasteiger partial charge in [0.15, 0.2) is 0 Å². The van der Waals surface area contributed by atoms with Gasteiger partial charge in [0, 0.05) is 6.42 Å². The van der Waals surface area contributed by atoms with E-state index in [1.54, 1.807) is 12.1 Å². The molecule has 2 heteroatoms. The lowest BCUT2D eigenvalue weighted by molar-refractivity contribution is -0.888. The maximum Gasteiger partial charge on any atom is 0.115 e. The van der Waals surface area contributed by atoms with Gasteiger partial charge < -0.3 is 9.59 Å². The van der Waals surface area contributed by atoms with Crippen LogP contribution < -0.4 is 0 Å². The van der Waals surface area contributed by atoms with E-state index in [0.29, 0.717) is 5.75 Å². The molecule has 1 aromatic rings. The minimum atomic E-state index is 0.345. The van der Waals surface area contributed by atoms with E-state index in [1.165, 1.54) is 5.56 Å². The molecule has 1 rings (SSSR count). The third kappa shape index (κ3) is 3.38. The Morgan fingerprint density at radius 2 is 1.71 bits per heavy atom. The number of aromatic hydroxyl groups is 1. The fourth-order valence-electron chi connectivity index (χ4n) is 1.25. The maximum atomic E-state index is 9.13. The first-order valence-electron chi connectivity index (χ1n) is 5.13. The molecule has 78 valence electrons. The standard InChI is InChI=1S/C12H19NO/c1-4-13(2,3)10-9-11-5-7-12(14)8-6-11/h5-8H,4,9-10H2,1-3H3/p+1. The molecular formula is C12H20NO+. The first-order chi connectivity index (χ1) is 6.53. The van der Waals surface area contributed by atoms with Crippen LogP contribution in [0.25, 0.3) is 0 Å². The number of rotatable bonds is 4. The van der Waals surface area contributed by atoms with E-state index in [9.17, 15) is 0 Å². The molecule has 0 atom stereocenters. The van der Waals surface area contributed by atoms with Gasteiger partial charge in [0.05, 0.1) is 27.2 Å². The lowest BCUT2D eigenvalue weighted by atomic mass is 10.1. The summed E-state index contributed by atoms with van der Waals surface area (Å²) in [4.78, 5) is 0. The highest BCUT2D eigenvalue weighted by atomic mass is 16.3. The summed E-state index contributed by atoms with van der Waals surface area (Å²) in [7, 11) is 4.47. The number of likely N-dealkylation sites (N-methyl/N-ethyl adjacent to an activating group) is 1. The Kier molecular flexibility index (Phi) is 3.53.